The molecule has 0 unspecified atom stereocenters. The van der Waals surface area contributed by atoms with Gasteiger partial charge in [-0.05, 0) is 43.8 Å². The van der Waals surface area contributed by atoms with E-state index in [2.05, 4.69) is 32.6 Å². The minimum absolute atomic E-state index is 0.196. The van der Waals surface area contributed by atoms with Crippen LogP contribution >= 0.6 is 0 Å². The largest absolute Gasteiger partial charge is 0.389 e. The Morgan fingerprint density at radius 2 is 1.62 bits per heavy atom. The minimum Gasteiger partial charge on any atom is -0.389 e. The summed E-state index contributed by atoms with van der Waals surface area (Å²) in [6.07, 6.45) is 1.71. The molecular formula is C20H34FNO2. The normalized spacial score (nSPS) is 13.2. The van der Waals surface area contributed by atoms with Crippen LogP contribution in [0.2, 0.25) is 0 Å². The van der Waals surface area contributed by atoms with Gasteiger partial charge >= 0.3 is 0 Å². The van der Waals surface area contributed by atoms with E-state index >= 15 is 0 Å². The fourth-order valence-corrected chi connectivity index (χ4v) is 2.45. The van der Waals surface area contributed by atoms with Crippen molar-refractivity contribution in [1.82, 2.24) is 4.90 Å². The number of hydrogen-bond donors (Lipinski definition) is 1. The summed E-state index contributed by atoms with van der Waals surface area (Å²) in [4.78, 5) is 2.32. The third-order valence-corrected chi connectivity index (χ3v) is 4.04. The van der Waals surface area contributed by atoms with Crippen LogP contribution in [-0.4, -0.2) is 42.4 Å². The Balaban J connectivity index is 2.36. The summed E-state index contributed by atoms with van der Waals surface area (Å²) in [5.41, 5.74) is 0.529. The lowest BCUT2D eigenvalue weighted by Crippen LogP contribution is -2.37. The summed E-state index contributed by atoms with van der Waals surface area (Å²) < 4.78 is 19.0. The van der Waals surface area contributed by atoms with E-state index in [1.807, 2.05) is 0 Å². The van der Waals surface area contributed by atoms with Gasteiger partial charge in [0.25, 0.3) is 0 Å². The summed E-state index contributed by atoms with van der Waals surface area (Å²) in [6, 6.07) is 6.58. The second-order valence-electron chi connectivity index (χ2n) is 7.43. The van der Waals surface area contributed by atoms with Crippen LogP contribution in [0.3, 0.4) is 0 Å². The van der Waals surface area contributed by atoms with Crippen LogP contribution in [0.25, 0.3) is 0 Å². The molecule has 1 N–H and O–H groups in total. The Hall–Kier alpha value is -0.970. The highest BCUT2D eigenvalue weighted by Gasteiger charge is 2.13. The van der Waals surface area contributed by atoms with Crippen LogP contribution in [0.5, 0.6) is 0 Å². The van der Waals surface area contributed by atoms with Crippen molar-refractivity contribution in [1.29, 1.82) is 0 Å². The summed E-state index contributed by atoms with van der Waals surface area (Å²) in [5, 5.41) is 10.2. The van der Waals surface area contributed by atoms with Crippen LogP contribution in [0, 0.1) is 17.7 Å². The highest BCUT2D eigenvalue weighted by molar-refractivity contribution is 5.16. The van der Waals surface area contributed by atoms with Gasteiger partial charge in [0.05, 0.1) is 19.3 Å². The molecule has 1 atom stereocenters. The maximum absolute atomic E-state index is 13.5. The summed E-state index contributed by atoms with van der Waals surface area (Å²) in [6.45, 7) is 11.9. The number of ether oxygens (including phenoxy) is 1. The first-order valence-corrected chi connectivity index (χ1v) is 9.10. The molecule has 0 fully saturated rings. The lowest BCUT2D eigenvalue weighted by Gasteiger charge is -2.26. The van der Waals surface area contributed by atoms with E-state index in [1.165, 1.54) is 6.07 Å². The first-order valence-electron chi connectivity index (χ1n) is 9.10. The van der Waals surface area contributed by atoms with E-state index in [0.717, 1.165) is 25.9 Å². The number of aliphatic hydroxyl groups is 1. The van der Waals surface area contributed by atoms with Gasteiger partial charge in [-0.25, -0.2) is 4.39 Å². The highest BCUT2D eigenvalue weighted by Crippen LogP contribution is 2.10. The predicted molar refractivity (Wildman–Crippen MR) is 97.4 cm³/mol. The van der Waals surface area contributed by atoms with E-state index in [9.17, 15) is 9.50 Å². The standard InChI is InChI=1S/C20H34FNO2/c1-16(2)9-11-22(12-10-17(3)4)13-19(23)15-24-14-18-7-5-6-8-20(18)21/h5-8,16-17,19,23H,9-15H2,1-4H3/t19-/m0/s1. The molecule has 3 nitrogen and oxygen atoms in total. The maximum atomic E-state index is 13.5. The number of hydrogen-bond acceptors (Lipinski definition) is 3. The van der Waals surface area contributed by atoms with Crippen molar-refractivity contribution in [2.45, 2.75) is 53.2 Å². The zero-order chi connectivity index (χ0) is 17.9. The van der Waals surface area contributed by atoms with Gasteiger partial charge in [-0.15, -0.1) is 0 Å². The third kappa shape index (κ3) is 9.36. The molecule has 0 amide bonds. The van der Waals surface area contributed by atoms with Crippen molar-refractivity contribution < 1.29 is 14.2 Å². The van der Waals surface area contributed by atoms with Crippen molar-refractivity contribution in [2.75, 3.05) is 26.2 Å². The second kappa shape index (κ2) is 11.6. The van der Waals surface area contributed by atoms with Crippen LogP contribution in [0.15, 0.2) is 24.3 Å². The molecule has 0 aliphatic carbocycles. The molecule has 1 aromatic carbocycles. The Morgan fingerprint density at radius 3 is 2.17 bits per heavy atom. The molecule has 0 aliphatic rings. The number of nitrogens with zero attached hydrogens (tertiary/aromatic N) is 1. The van der Waals surface area contributed by atoms with Crippen molar-refractivity contribution in [3.63, 3.8) is 0 Å². The molecule has 1 aromatic rings. The summed E-state index contributed by atoms with van der Waals surface area (Å²) >= 11 is 0. The van der Waals surface area contributed by atoms with Crippen LogP contribution < -0.4 is 0 Å². The van der Waals surface area contributed by atoms with Crippen LogP contribution in [0.1, 0.15) is 46.1 Å². The average molecular weight is 339 g/mol. The van der Waals surface area contributed by atoms with Crippen LogP contribution in [0.4, 0.5) is 4.39 Å². The Kier molecular flexibility index (Phi) is 10.2. The first kappa shape index (κ1) is 21.1. The lowest BCUT2D eigenvalue weighted by atomic mass is 10.1. The zero-order valence-corrected chi connectivity index (χ0v) is 15.7. The first-order chi connectivity index (χ1) is 11.4. The Bertz CT molecular complexity index is 439. The van der Waals surface area contributed by atoms with Gasteiger partial charge in [-0.1, -0.05) is 45.9 Å². The van der Waals surface area contributed by atoms with Gasteiger partial charge in [-0.3, -0.25) is 0 Å². The minimum atomic E-state index is -0.545. The van der Waals surface area contributed by atoms with E-state index in [1.54, 1.807) is 18.2 Å². The molecular weight excluding hydrogens is 305 g/mol. The van der Waals surface area contributed by atoms with Crippen molar-refractivity contribution in [3.8, 4) is 0 Å². The summed E-state index contributed by atoms with van der Waals surface area (Å²) in [5.74, 6) is 1.05. The van der Waals surface area contributed by atoms with Gasteiger partial charge in [-0.2, -0.15) is 0 Å². The fraction of sp³-hybridized carbons (Fsp3) is 0.700. The smallest absolute Gasteiger partial charge is 0.128 e. The molecule has 24 heavy (non-hydrogen) atoms. The highest BCUT2D eigenvalue weighted by atomic mass is 19.1. The lowest BCUT2D eigenvalue weighted by molar-refractivity contribution is 0.00789. The maximum Gasteiger partial charge on any atom is 0.128 e. The SMILES string of the molecule is CC(C)CCN(CCC(C)C)C[C@H](O)COCc1ccccc1F. The quantitative estimate of drug-likeness (QED) is 0.622. The van der Waals surface area contributed by atoms with Gasteiger partial charge < -0.3 is 14.7 Å². The molecule has 0 spiro atoms. The van der Waals surface area contributed by atoms with Gasteiger partial charge in [0.2, 0.25) is 0 Å². The number of halogens is 1. The van der Waals surface area contributed by atoms with Gasteiger partial charge in [0.1, 0.15) is 5.82 Å². The molecule has 0 saturated carbocycles. The van der Waals surface area contributed by atoms with Crippen LogP contribution in [-0.2, 0) is 11.3 Å². The molecule has 0 aromatic heterocycles. The Labute approximate surface area is 146 Å². The molecule has 0 heterocycles. The second-order valence-corrected chi connectivity index (χ2v) is 7.43. The van der Waals surface area contributed by atoms with E-state index < -0.39 is 6.10 Å². The molecule has 0 bridgehead atoms. The monoisotopic (exact) mass is 339 g/mol. The van der Waals surface area contributed by atoms with Gasteiger partial charge in [0.15, 0.2) is 0 Å². The van der Waals surface area contributed by atoms with Crippen molar-refractivity contribution in [2.24, 2.45) is 11.8 Å². The molecule has 0 radical (unpaired) electrons. The number of benzene rings is 1. The molecule has 138 valence electrons. The predicted octanol–water partition coefficient (Wildman–Crippen LogP) is 4.10. The molecule has 4 heteroatoms. The number of aliphatic hydroxyl groups excluding tert-OH is 1. The van der Waals surface area contributed by atoms with Gasteiger partial charge in [0, 0.05) is 12.1 Å². The molecule has 1 rings (SSSR count). The third-order valence-electron chi connectivity index (χ3n) is 4.04. The molecule has 0 saturated heterocycles. The van der Waals surface area contributed by atoms with E-state index in [4.69, 9.17) is 4.74 Å². The van der Waals surface area contributed by atoms with E-state index in [0.29, 0.717) is 23.9 Å². The number of rotatable bonds is 12. The van der Waals surface area contributed by atoms with Crippen molar-refractivity contribution >= 4 is 0 Å². The summed E-state index contributed by atoms with van der Waals surface area (Å²) in [7, 11) is 0. The topological polar surface area (TPSA) is 32.7 Å². The fourth-order valence-electron chi connectivity index (χ4n) is 2.45. The Morgan fingerprint density at radius 1 is 1.04 bits per heavy atom. The van der Waals surface area contributed by atoms with Crippen molar-refractivity contribution in [3.05, 3.63) is 35.6 Å². The van der Waals surface area contributed by atoms with E-state index in [-0.39, 0.29) is 19.0 Å². The molecule has 0 aliphatic heterocycles. The zero-order valence-electron chi connectivity index (χ0n) is 15.7. The average Bonchev–Trinajstić information content (AvgIpc) is 2.51.